The third kappa shape index (κ3) is 4.01. The summed E-state index contributed by atoms with van der Waals surface area (Å²) in [5.41, 5.74) is 3.56. The molecular formula is C18H24N4O2. The van der Waals surface area contributed by atoms with Crippen LogP contribution in [0.4, 0.5) is 0 Å². The monoisotopic (exact) mass is 328 g/mol. The zero-order chi connectivity index (χ0) is 16.9. The Morgan fingerprint density at radius 1 is 1.21 bits per heavy atom. The van der Waals surface area contributed by atoms with Crippen LogP contribution in [-0.2, 0) is 4.74 Å². The first-order chi connectivity index (χ1) is 11.6. The molecule has 0 spiro atoms. The summed E-state index contributed by atoms with van der Waals surface area (Å²) in [7, 11) is 0. The normalized spacial score (nSPS) is 15.4. The molecule has 6 nitrogen and oxygen atoms in total. The number of ether oxygens (including phenoxy) is 1. The molecule has 1 saturated heterocycles. The maximum Gasteiger partial charge on any atom is 0.271 e. The van der Waals surface area contributed by atoms with Gasteiger partial charge in [-0.2, -0.15) is 5.10 Å². The van der Waals surface area contributed by atoms with Crippen molar-refractivity contribution >= 4 is 5.91 Å². The fourth-order valence-electron chi connectivity index (χ4n) is 2.78. The Morgan fingerprint density at radius 2 is 1.92 bits per heavy atom. The van der Waals surface area contributed by atoms with Gasteiger partial charge in [0.05, 0.1) is 18.9 Å². The predicted octanol–water partition coefficient (Wildman–Crippen LogP) is 1.55. The Labute approximate surface area is 142 Å². The highest BCUT2D eigenvalue weighted by molar-refractivity contribution is 5.92. The van der Waals surface area contributed by atoms with Crippen molar-refractivity contribution in [2.45, 2.75) is 13.8 Å². The van der Waals surface area contributed by atoms with Gasteiger partial charge in [-0.3, -0.25) is 9.69 Å². The lowest BCUT2D eigenvalue weighted by Gasteiger charge is -2.26. The van der Waals surface area contributed by atoms with Crippen LogP contribution in [0.25, 0.3) is 5.69 Å². The molecule has 1 aromatic carbocycles. The fraction of sp³-hybridized carbons (Fsp3) is 0.444. The zero-order valence-corrected chi connectivity index (χ0v) is 14.3. The molecule has 1 aromatic heterocycles. The van der Waals surface area contributed by atoms with Crippen LogP contribution in [0.3, 0.4) is 0 Å². The number of carbonyl (C=O) groups is 1. The van der Waals surface area contributed by atoms with Gasteiger partial charge in [0.15, 0.2) is 5.69 Å². The van der Waals surface area contributed by atoms with Crippen molar-refractivity contribution in [3.05, 3.63) is 47.3 Å². The molecule has 1 aliphatic rings. The van der Waals surface area contributed by atoms with Gasteiger partial charge in [-0.05, 0) is 32.0 Å². The molecule has 3 rings (SSSR count). The van der Waals surface area contributed by atoms with Crippen molar-refractivity contribution in [2.75, 3.05) is 39.4 Å². The van der Waals surface area contributed by atoms with Crippen LogP contribution in [0.1, 0.15) is 21.7 Å². The van der Waals surface area contributed by atoms with E-state index in [1.165, 1.54) is 5.56 Å². The van der Waals surface area contributed by atoms with Crippen LogP contribution < -0.4 is 5.32 Å². The van der Waals surface area contributed by atoms with Gasteiger partial charge in [0, 0.05) is 31.9 Å². The van der Waals surface area contributed by atoms with Crippen LogP contribution in [0.15, 0.2) is 30.3 Å². The summed E-state index contributed by atoms with van der Waals surface area (Å²) in [6.45, 7) is 8.86. The number of hydrogen-bond acceptors (Lipinski definition) is 4. The highest BCUT2D eigenvalue weighted by Crippen LogP contribution is 2.13. The third-order valence-corrected chi connectivity index (χ3v) is 4.22. The molecule has 0 atom stereocenters. The molecule has 2 aromatic rings. The van der Waals surface area contributed by atoms with Crippen molar-refractivity contribution in [3.8, 4) is 5.69 Å². The Balaban J connectivity index is 1.59. The molecule has 0 radical (unpaired) electrons. The van der Waals surface area contributed by atoms with Crippen molar-refractivity contribution in [1.82, 2.24) is 20.0 Å². The first-order valence-electron chi connectivity index (χ1n) is 8.35. The summed E-state index contributed by atoms with van der Waals surface area (Å²) < 4.78 is 7.12. The zero-order valence-electron chi connectivity index (χ0n) is 14.3. The topological polar surface area (TPSA) is 59.4 Å². The van der Waals surface area contributed by atoms with Crippen molar-refractivity contribution in [2.24, 2.45) is 0 Å². The average molecular weight is 328 g/mol. The summed E-state index contributed by atoms with van der Waals surface area (Å²) in [4.78, 5) is 14.6. The molecule has 128 valence electrons. The largest absolute Gasteiger partial charge is 0.379 e. The molecular weight excluding hydrogens is 304 g/mol. The summed E-state index contributed by atoms with van der Waals surface area (Å²) in [5, 5.41) is 7.40. The molecule has 0 aliphatic carbocycles. The molecule has 2 heterocycles. The van der Waals surface area contributed by atoms with Crippen LogP contribution >= 0.6 is 0 Å². The fourth-order valence-corrected chi connectivity index (χ4v) is 2.78. The second-order valence-electron chi connectivity index (χ2n) is 6.13. The second kappa shape index (κ2) is 7.59. The number of carbonyl (C=O) groups excluding carboxylic acids is 1. The maximum atomic E-state index is 12.3. The maximum absolute atomic E-state index is 12.3. The Kier molecular flexibility index (Phi) is 5.27. The number of amides is 1. The first kappa shape index (κ1) is 16.7. The Morgan fingerprint density at radius 3 is 2.62 bits per heavy atom. The van der Waals surface area contributed by atoms with Gasteiger partial charge >= 0.3 is 0 Å². The summed E-state index contributed by atoms with van der Waals surface area (Å²) in [6, 6.07) is 9.92. The van der Waals surface area contributed by atoms with Gasteiger partial charge in [-0.15, -0.1) is 0 Å². The van der Waals surface area contributed by atoms with Gasteiger partial charge in [-0.25, -0.2) is 4.68 Å². The van der Waals surface area contributed by atoms with Crippen molar-refractivity contribution < 1.29 is 9.53 Å². The Hall–Kier alpha value is -2.18. The van der Waals surface area contributed by atoms with Gasteiger partial charge in [0.1, 0.15) is 0 Å². The molecule has 0 saturated carbocycles. The molecule has 6 heteroatoms. The quantitative estimate of drug-likeness (QED) is 0.905. The van der Waals surface area contributed by atoms with Crippen LogP contribution in [0, 0.1) is 13.8 Å². The van der Waals surface area contributed by atoms with E-state index >= 15 is 0 Å². The first-order valence-corrected chi connectivity index (χ1v) is 8.35. The van der Waals surface area contributed by atoms with E-state index in [2.05, 4.69) is 15.3 Å². The summed E-state index contributed by atoms with van der Waals surface area (Å²) in [6.07, 6.45) is 0. The number of morpholine rings is 1. The number of nitrogens with zero attached hydrogens (tertiary/aromatic N) is 3. The smallest absolute Gasteiger partial charge is 0.271 e. The third-order valence-electron chi connectivity index (χ3n) is 4.22. The van der Waals surface area contributed by atoms with Crippen molar-refractivity contribution in [3.63, 3.8) is 0 Å². The van der Waals surface area contributed by atoms with Gasteiger partial charge in [0.2, 0.25) is 0 Å². The van der Waals surface area contributed by atoms with E-state index in [0.29, 0.717) is 12.2 Å². The van der Waals surface area contributed by atoms with Crippen molar-refractivity contribution in [1.29, 1.82) is 0 Å². The number of hydrogen-bond donors (Lipinski definition) is 1. The molecule has 1 aliphatic heterocycles. The lowest BCUT2D eigenvalue weighted by atomic mass is 10.2. The molecule has 24 heavy (non-hydrogen) atoms. The van der Waals surface area contributed by atoms with E-state index in [9.17, 15) is 4.79 Å². The van der Waals surface area contributed by atoms with Crippen LogP contribution in [0.5, 0.6) is 0 Å². The number of nitrogens with one attached hydrogen (secondary N) is 1. The predicted molar refractivity (Wildman–Crippen MR) is 92.6 cm³/mol. The van der Waals surface area contributed by atoms with Gasteiger partial charge in [-0.1, -0.05) is 17.7 Å². The van der Waals surface area contributed by atoms with Gasteiger partial charge < -0.3 is 10.1 Å². The lowest BCUT2D eigenvalue weighted by molar-refractivity contribution is 0.0383. The average Bonchev–Trinajstić information content (AvgIpc) is 2.98. The van der Waals surface area contributed by atoms with E-state index in [1.807, 2.05) is 44.2 Å². The van der Waals surface area contributed by atoms with E-state index in [-0.39, 0.29) is 5.91 Å². The highest BCUT2D eigenvalue weighted by atomic mass is 16.5. The van der Waals surface area contributed by atoms with E-state index in [0.717, 1.165) is 44.2 Å². The number of aromatic nitrogens is 2. The molecule has 0 unspecified atom stereocenters. The van der Waals surface area contributed by atoms with E-state index in [4.69, 9.17) is 4.74 Å². The summed E-state index contributed by atoms with van der Waals surface area (Å²) in [5.74, 6) is -0.128. The molecule has 1 N–H and O–H groups in total. The van der Waals surface area contributed by atoms with Gasteiger partial charge in [0.25, 0.3) is 5.91 Å². The molecule has 1 fully saturated rings. The Bertz CT molecular complexity index is 688. The molecule has 0 bridgehead atoms. The minimum Gasteiger partial charge on any atom is -0.379 e. The van der Waals surface area contributed by atoms with E-state index < -0.39 is 0 Å². The summed E-state index contributed by atoms with van der Waals surface area (Å²) >= 11 is 0. The standard InChI is InChI=1S/C18H24N4O2/c1-14-3-5-16(6-4-14)22-15(2)13-17(20-22)18(23)19-7-8-21-9-11-24-12-10-21/h3-6,13H,7-12H2,1-2H3,(H,19,23). The highest BCUT2D eigenvalue weighted by Gasteiger charge is 2.14. The minimum absolute atomic E-state index is 0.128. The SMILES string of the molecule is Cc1ccc(-n2nc(C(=O)NCCN3CCOCC3)cc2C)cc1. The van der Waals surface area contributed by atoms with Crippen LogP contribution in [0.2, 0.25) is 0 Å². The second-order valence-corrected chi connectivity index (χ2v) is 6.13. The number of rotatable bonds is 5. The van der Waals surface area contributed by atoms with Crippen LogP contribution in [-0.4, -0.2) is 60.0 Å². The molecule has 1 amide bonds. The number of benzene rings is 1. The minimum atomic E-state index is -0.128. The lowest BCUT2D eigenvalue weighted by Crippen LogP contribution is -2.41. The van der Waals surface area contributed by atoms with E-state index in [1.54, 1.807) is 4.68 Å². The number of aryl methyl sites for hydroxylation is 2.